The summed E-state index contributed by atoms with van der Waals surface area (Å²) in [5.41, 5.74) is -1.60. The van der Waals surface area contributed by atoms with Gasteiger partial charge in [-0.1, -0.05) is 30.3 Å². The fourth-order valence-electron chi connectivity index (χ4n) is 2.13. The van der Waals surface area contributed by atoms with Gasteiger partial charge in [-0.25, -0.2) is 9.18 Å². The van der Waals surface area contributed by atoms with Crippen molar-refractivity contribution in [3.63, 3.8) is 0 Å². The summed E-state index contributed by atoms with van der Waals surface area (Å²) in [5, 5.41) is 8.78. The topological polar surface area (TPSA) is 57.6 Å². The molecule has 0 unspecified atom stereocenters. The van der Waals surface area contributed by atoms with E-state index in [0.29, 0.717) is 5.56 Å². The quantitative estimate of drug-likeness (QED) is 0.821. The molecule has 1 aliphatic heterocycles. The van der Waals surface area contributed by atoms with Crippen LogP contribution in [-0.4, -0.2) is 40.6 Å². The highest BCUT2D eigenvalue weighted by Gasteiger charge is 2.42. The van der Waals surface area contributed by atoms with Crippen LogP contribution in [0, 0.1) is 0 Å². The van der Waals surface area contributed by atoms with E-state index in [1.54, 1.807) is 30.3 Å². The van der Waals surface area contributed by atoms with E-state index in [1.165, 1.54) is 0 Å². The number of halogens is 1. The van der Waals surface area contributed by atoms with E-state index in [4.69, 9.17) is 5.11 Å². The molecular weight excluding hydrogens is 237 g/mol. The molecule has 1 N–H and O–H groups in total. The van der Waals surface area contributed by atoms with Crippen LogP contribution in [0.25, 0.3) is 0 Å². The molecule has 1 aromatic rings. The number of hydrogen-bond donors (Lipinski definition) is 1. The smallest absolute Gasteiger partial charge is 0.407 e. The number of ketones is 1. The standard InChI is InChI=1S/C13H14FNO3/c14-13(6-8-15(9-7-13)12(17)18)11(16)10-4-2-1-3-5-10/h1-5H,6-9H2,(H,17,18). The van der Waals surface area contributed by atoms with E-state index in [1.807, 2.05) is 0 Å². The third kappa shape index (κ3) is 2.34. The zero-order valence-corrected chi connectivity index (χ0v) is 9.80. The summed E-state index contributed by atoms with van der Waals surface area (Å²) in [6.07, 6.45) is -1.22. The number of carboxylic acid groups (broad SMARTS) is 1. The SMILES string of the molecule is O=C(O)N1CCC(F)(C(=O)c2ccccc2)CC1. The van der Waals surface area contributed by atoms with Crippen molar-refractivity contribution in [3.8, 4) is 0 Å². The Morgan fingerprint density at radius 3 is 2.22 bits per heavy atom. The fraction of sp³-hybridized carbons (Fsp3) is 0.385. The van der Waals surface area contributed by atoms with Gasteiger partial charge in [-0.2, -0.15) is 0 Å². The van der Waals surface area contributed by atoms with Crippen LogP contribution in [0.4, 0.5) is 9.18 Å². The van der Waals surface area contributed by atoms with Gasteiger partial charge in [0.2, 0.25) is 0 Å². The van der Waals surface area contributed by atoms with E-state index in [0.717, 1.165) is 4.90 Å². The van der Waals surface area contributed by atoms with Crippen molar-refractivity contribution in [1.29, 1.82) is 0 Å². The van der Waals surface area contributed by atoms with E-state index in [-0.39, 0.29) is 25.9 Å². The van der Waals surface area contributed by atoms with Crippen LogP contribution in [-0.2, 0) is 0 Å². The molecule has 0 saturated carbocycles. The average Bonchev–Trinajstić information content (AvgIpc) is 2.39. The van der Waals surface area contributed by atoms with Crippen molar-refractivity contribution in [2.24, 2.45) is 0 Å². The Kier molecular flexibility index (Phi) is 3.32. The van der Waals surface area contributed by atoms with Gasteiger partial charge in [0.1, 0.15) is 0 Å². The van der Waals surface area contributed by atoms with Gasteiger partial charge in [0, 0.05) is 31.5 Å². The van der Waals surface area contributed by atoms with Crippen molar-refractivity contribution in [2.75, 3.05) is 13.1 Å². The van der Waals surface area contributed by atoms with Gasteiger partial charge >= 0.3 is 6.09 Å². The van der Waals surface area contributed by atoms with Gasteiger partial charge in [-0.15, -0.1) is 0 Å². The largest absolute Gasteiger partial charge is 0.465 e. The predicted molar refractivity (Wildman–Crippen MR) is 63.4 cm³/mol. The summed E-state index contributed by atoms with van der Waals surface area (Å²) in [6, 6.07) is 8.28. The van der Waals surface area contributed by atoms with Gasteiger partial charge in [0.05, 0.1) is 0 Å². The number of amides is 1. The first-order chi connectivity index (χ1) is 8.53. The summed E-state index contributed by atoms with van der Waals surface area (Å²) in [7, 11) is 0. The van der Waals surface area contributed by atoms with Crippen LogP contribution >= 0.6 is 0 Å². The number of nitrogens with zero attached hydrogens (tertiary/aromatic N) is 1. The second kappa shape index (κ2) is 4.76. The molecule has 1 aromatic carbocycles. The average molecular weight is 251 g/mol. The normalized spacial score (nSPS) is 18.4. The number of rotatable bonds is 2. The minimum absolute atomic E-state index is 0.0599. The van der Waals surface area contributed by atoms with Gasteiger partial charge in [-0.05, 0) is 0 Å². The van der Waals surface area contributed by atoms with E-state index < -0.39 is 17.5 Å². The van der Waals surface area contributed by atoms with E-state index >= 15 is 0 Å². The van der Waals surface area contributed by atoms with Gasteiger partial charge in [-0.3, -0.25) is 4.79 Å². The lowest BCUT2D eigenvalue weighted by molar-refractivity contribution is 0.0420. The number of alkyl halides is 1. The monoisotopic (exact) mass is 251 g/mol. The Labute approximate surface area is 104 Å². The van der Waals surface area contributed by atoms with Gasteiger partial charge < -0.3 is 10.0 Å². The number of likely N-dealkylation sites (tertiary alicyclic amines) is 1. The van der Waals surface area contributed by atoms with Crippen molar-refractivity contribution in [3.05, 3.63) is 35.9 Å². The summed E-state index contributed by atoms with van der Waals surface area (Å²) in [6.45, 7) is 0.120. The van der Waals surface area contributed by atoms with Crippen LogP contribution in [0.15, 0.2) is 30.3 Å². The van der Waals surface area contributed by atoms with Crippen LogP contribution in [0.3, 0.4) is 0 Å². The Bertz CT molecular complexity index is 453. The summed E-state index contributed by atoms with van der Waals surface area (Å²) < 4.78 is 14.5. The molecule has 2 rings (SSSR count). The van der Waals surface area contributed by atoms with Crippen molar-refractivity contribution in [2.45, 2.75) is 18.5 Å². The highest BCUT2D eigenvalue weighted by molar-refractivity contribution is 6.02. The Morgan fingerprint density at radius 1 is 1.17 bits per heavy atom. The molecule has 1 saturated heterocycles. The van der Waals surface area contributed by atoms with Crippen molar-refractivity contribution < 1.29 is 19.1 Å². The van der Waals surface area contributed by atoms with E-state index in [2.05, 4.69) is 0 Å². The molecule has 0 radical (unpaired) electrons. The molecular formula is C13H14FNO3. The Morgan fingerprint density at radius 2 is 1.72 bits per heavy atom. The number of benzene rings is 1. The van der Waals surface area contributed by atoms with Gasteiger partial charge in [0.25, 0.3) is 0 Å². The molecule has 0 aromatic heterocycles. The Balaban J connectivity index is 2.10. The minimum atomic E-state index is -1.94. The number of piperidine rings is 1. The van der Waals surface area contributed by atoms with Crippen molar-refractivity contribution >= 4 is 11.9 Å². The number of carbonyl (C=O) groups is 2. The maximum Gasteiger partial charge on any atom is 0.407 e. The minimum Gasteiger partial charge on any atom is -0.465 e. The second-order valence-electron chi connectivity index (χ2n) is 4.43. The van der Waals surface area contributed by atoms with Crippen LogP contribution in [0.2, 0.25) is 0 Å². The number of hydrogen-bond acceptors (Lipinski definition) is 2. The lowest BCUT2D eigenvalue weighted by atomic mass is 9.86. The van der Waals surface area contributed by atoms with Crippen molar-refractivity contribution in [1.82, 2.24) is 4.90 Å². The molecule has 0 bridgehead atoms. The van der Waals surface area contributed by atoms with Crippen LogP contribution in [0.1, 0.15) is 23.2 Å². The maximum absolute atomic E-state index is 14.5. The molecule has 18 heavy (non-hydrogen) atoms. The predicted octanol–water partition coefficient (Wildman–Crippen LogP) is 2.35. The first kappa shape index (κ1) is 12.5. The van der Waals surface area contributed by atoms with Crippen LogP contribution in [0.5, 0.6) is 0 Å². The fourth-order valence-corrected chi connectivity index (χ4v) is 2.13. The third-order valence-corrected chi connectivity index (χ3v) is 3.27. The molecule has 1 fully saturated rings. The molecule has 1 heterocycles. The summed E-state index contributed by atoms with van der Waals surface area (Å²) in [5.74, 6) is -0.548. The molecule has 96 valence electrons. The number of carbonyl (C=O) groups excluding carboxylic acids is 1. The second-order valence-corrected chi connectivity index (χ2v) is 4.43. The first-order valence-electron chi connectivity index (χ1n) is 5.79. The Hall–Kier alpha value is -1.91. The lowest BCUT2D eigenvalue weighted by Crippen LogP contribution is -2.48. The summed E-state index contributed by atoms with van der Waals surface area (Å²) in [4.78, 5) is 23.9. The molecule has 0 aliphatic carbocycles. The highest BCUT2D eigenvalue weighted by atomic mass is 19.1. The highest BCUT2D eigenvalue weighted by Crippen LogP contribution is 2.30. The van der Waals surface area contributed by atoms with Gasteiger partial charge in [0.15, 0.2) is 11.5 Å². The lowest BCUT2D eigenvalue weighted by Gasteiger charge is -2.33. The first-order valence-corrected chi connectivity index (χ1v) is 5.79. The molecule has 1 amide bonds. The molecule has 5 heteroatoms. The molecule has 0 atom stereocenters. The molecule has 0 spiro atoms. The summed E-state index contributed by atoms with van der Waals surface area (Å²) >= 11 is 0. The third-order valence-electron chi connectivity index (χ3n) is 3.27. The zero-order chi connectivity index (χ0) is 13.2. The zero-order valence-electron chi connectivity index (χ0n) is 9.80. The van der Waals surface area contributed by atoms with E-state index in [9.17, 15) is 14.0 Å². The molecule has 4 nitrogen and oxygen atoms in total. The molecule has 1 aliphatic rings. The maximum atomic E-state index is 14.5. The van der Waals surface area contributed by atoms with Crippen LogP contribution < -0.4 is 0 Å². The number of Topliss-reactive ketones (excluding diaryl/α,β-unsaturated/α-hetero) is 1.